The second-order valence-corrected chi connectivity index (χ2v) is 7.55. The first kappa shape index (κ1) is 21.2. The van der Waals surface area contributed by atoms with Gasteiger partial charge in [0.25, 0.3) is 0 Å². The number of unbranched alkanes of at least 4 members (excludes halogenated alkanes) is 3. The van der Waals surface area contributed by atoms with Crippen LogP contribution in [0.5, 0.6) is 0 Å². The summed E-state index contributed by atoms with van der Waals surface area (Å²) in [6, 6.07) is 7.16. The Labute approximate surface area is 162 Å². The number of rotatable bonds is 11. The van der Waals surface area contributed by atoms with Crippen LogP contribution in [0.1, 0.15) is 64.4 Å². The third-order valence-corrected chi connectivity index (χ3v) is 5.26. The molecule has 1 aromatic carbocycles. The zero-order valence-corrected chi connectivity index (χ0v) is 16.6. The third-order valence-electron chi connectivity index (χ3n) is 5.26. The number of carbonyl (C=O) groups is 2. The summed E-state index contributed by atoms with van der Waals surface area (Å²) in [6.45, 7) is 4.49. The van der Waals surface area contributed by atoms with Gasteiger partial charge in [-0.05, 0) is 30.4 Å². The van der Waals surface area contributed by atoms with E-state index in [1.165, 1.54) is 19.3 Å². The number of aromatic amines is 1. The lowest BCUT2D eigenvalue weighted by molar-refractivity contribution is -0.131. The Morgan fingerprint density at radius 3 is 2.67 bits per heavy atom. The van der Waals surface area contributed by atoms with E-state index in [9.17, 15) is 9.59 Å². The van der Waals surface area contributed by atoms with Crippen molar-refractivity contribution in [3.8, 4) is 0 Å². The monoisotopic (exact) mass is 371 g/mol. The van der Waals surface area contributed by atoms with Crippen LogP contribution in [0.3, 0.4) is 0 Å². The Bertz CT molecular complexity index is 738. The number of hydrogen-bond acceptors (Lipinski definition) is 3. The molecule has 2 atom stereocenters. The number of imide groups is 1. The lowest BCUT2D eigenvalue weighted by atomic mass is 10.00. The zero-order chi connectivity index (χ0) is 19.6. The van der Waals surface area contributed by atoms with Gasteiger partial charge in [0.2, 0.25) is 11.8 Å². The Kier molecular flexibility index (Phi) is 8.52. The minimum absolute atomic E-state index is 0.226. The molecule has 0 spiro atoms. The van der Waals surface area contributed by atoms with Crippen molar-refractivity contribution in [2.45, 2.75) is 71.3 Å². The number of para-hydroxylation sites is 1. The van der Waals surface area contributed by atoms with Crippen molar-refractivity contribution in [1.29, 1.82) is 0 Å². The van der Waals surface area contributed by atoms with Gasteiger partial charge in [-0.2, -0.15) is 0 Å². The minimum atomic E-state index is -0.733. The Morgan fingerprint density at radius 2 is 1.89 bits per heavy atom. The van der Waals surface area contributed by atoms with Crippen molar-refractivity contribution in [2.24, 2.45) is 11.7 Å². The molecule has 1 unspecified atom stereocenters. The topological polar surface area (TPSA) is 88.0 Å². The maximum atomic E-state index is 12.2. The molecule has 5 nitrogen and oxygen atoms in total. The fourth-order valence-corrected chi connectivity index (χ4v) is 3.26. The molecule has 1 heterocycles. The van der Waals surface area contributed by atoms with E-state index < -0.39 is 11.9 Å². The molecule has 0 saturated heterocycles. The SMILES string of the molecule is CCC(C)CCCCCCC(=O)NC(=O)[C@@H](N)Cc1c[nH]c2ccccc12. The highest BCUT2D eigenvalue weighted by Crippen LogP contribution is 2.18. The fraction of sp³-hybridized carbons (Fsp3) is 0.545. The lowest BCUT2D eigenvalue weighted by Crippen LogP contribution is -2.44. The van der Waals surface area contributed by atoms with E-state index in [0.717, 1.165) is 41.6 Å². The molecule has 2 amide bonds. The molecule has 27 heavy (non-hydrogen) atoms. The number of carbonyl (C=O) groups excluding carboxylic acids is 2. The predicted octanol–water partition coefficient (Wildman–Crippen LogP) is 4.07. The number of H-pyrrole nitrogens is 1. The standard InChI is InChI=1S/C22H33N3O2/c1-3-16(2)10-6-4-5-7-13-21(26)25-22(27)19(23)14-17-15-24-20-12-9-8-11-18(17)20/h8-9,11-12,15-16,19,24H,3-7,10,13-14,23H2,1-2H3,(H,25,26,27)/t16?,19-/m0/s1. The van der Waals surface area contributed by atoms with E-state index in [2.05, 4.69) is 24.1 Å². The van der Waals surface area contributed by atoms with Crippen molar-refractivity contribution < 1.29 is 9.59 Å². The van der Waals surface area contributed by atoms with E-state index in [1.807, 2.05) is 30.5 Å². The van der Waals surface area contributed by atoms with E-state index in [-0.39, 0.29) is 5.91 Å². The van der Waals surface area contributed by atoms with Crippen LogP contribution in [0.15, 0.2) is 30.5 Å². The van der Waals surface area contributed by atoms with Crippen molar-refractivity contribution in [3.63, 3.8) is 0 Å². The van der Waals surface area contributed by atoms with Gasteiger partial charge < -0.3 is 10.7 Å². The van der Waals surface area contributed by atoms with Crippen LogP contribution in [0.2, 0.25) is 0 Å². The van der Waals surface area contributed by atoms with E-state index in [4.69, 9.17) is 5.73 Å². The van der Waals surface area contributed by atoms with E-state index in [1.54, 1.807) is 0 Å². The summed E-state index contributed by atoms with van der Waals surface area (Å²) in [4.78, 5) is 27.3. The number of nitrogens with one attached hydrogen (secondary N) is 2. The molecule has 0 aliphatic heterocycles. The number of nitrogens with two attached hydrogens (primary N) is 1. The molecular weight excluding hydrogens is 338 g/mol. The Morgan fingerprint density at radius 1 is 1.15 bits per heavy atom. The minimum Gasteiger partial charge on any atom is -0.361 e. The van der Waals surface area contributed by atoms with Gasteiger partial charge in [-0.3, -0.25) is 14.9 Å². The first-order valence-electron chi connectivity index (χ1n) is 10.2. The van der Waals surface area contributed by atoms with Crippen LogP contribution in [-0.2, 0) is 16.0 Å². The Balaban J connectivity index is 1.67. The van der Waals surface area contributed by atoms with Crippen molar-refractivity contribution in [3.05, 3.63) is 36.0 Å². The average Bonchev–Trinajstić information content (AvgIpc) is 3.07. The van der Waals surface area contributed by atoms with Crippen LogP contribution in [0.25, 0.3) is 10.9 Å². The van der Waals surface area contributed by atoms with Gasteiger partial charge in [-0.1, -0.05) is 64.2 Å². The van der Waals surface area contributed by atoms with Gasteiger partial charge in [0.15, 0.2) is 0 Å². The first-order valence-corrected chi connectivity index (χ1v) is 10.2. The molecule has 1 aromatic heterocycles. The molecule has 0 radical (unpaired) electrons. The number of benzene rings is 1. The average molecular weight is 372 g/mol. The molecule has 5 heteroatoms. The molecule has 0 saturated carbocycles. The number of fused-ring (bicyclic) bond motifs is 1. The van der Waals surface area contributed by atoms with Crippen LogP contribution in [-0.4, -0.2) is 22.8 Å². The molecule has 0 fully saturated rings. The van der Waals surface area contributed by atoms with E-state index >= 15 is 0 Å². The number of amides is 2. The molecule has 0 aliphatic rings. The van der Waals surface area contributed by atoms with Gasteiger partial charge in [-0.25, -0.2) is 0 Å². The summed E-state index contributed by atoms with van der Waals surface area (Å²) >= 11 is 0. The fourth-order valence-electron chi connectivity index (χ4n) is 3.26. The molecule has 0 aliphatic carbocycles. The van der Waals surface area contributed by atoms with Gasteiger partial charge in [0.1, 0.15) is 0 Å². The predicted molar refractivity (Wildman–Crippen MR) is 110 cm³/mol. The molecule has 0 bridgehead atoms. The van der Waals surface area contributed by atoms with Crippen molar-refractivity contribution in [1.82, 2.24) is 10.3 Å². The van der Waals surface area contributed by atoms with E-state index in [0.29, 0.717) is 12.8 Å². The van der Waals surface area contributed by atoms with Crippen molar-refractivity contribution >= 4 is 22.7 Å². The summed E-state index contributed by atoms with van der Waals surface area (Å²) in [7, 11) is 0. The zero-order valence-electron chi connectivity index (χ0n) is 16.6. The normalized spacial score (nSPS) is 13.4. The third kappa shape index (κ3) is 6.83. The summed E-state index contributed by atoms with van der Waals surface area (Å²) in [6.07, 6.45) is 9.34. The van der Waals surface area contributed by atoms with Crippen LogP contribution in [0.4, 0.5) is 0 Å². The highest BCUT2D eigenvalue weighted by atomic mass is 16.2. The van der Waals surface area contributed by atoms with Gasteiger partial charge >= 0.3 is 0 Å². The quantitative estimate of drug-likeness (QED) is 0.520. The maximum Gasteiger partial charge on any atom is 0.243 e. The number of hydrogen-bond donors (Lipinski definition) is 3. The lowest BCUT2D eigenvalue weighted by Gasteiger charge is -2.11. The summed E-state index contributed by atoms with van der Waals surface area (Å²) in [5, 5.41) is 3.51. The highest BCUT2D eigenvalue weighted by molar-refractivity contribution is 5.98. The van der Waals surface area contributed by atoms with Crippen LogP contribution < -0.4 is 11.1 Å². The summed E-state index contributed by atoms with van der Waals surface area (Å²) in [5.74, 6) is 0.155. The molecular formula is C22H33N3O2. The maximum absolute atomic E-state index is 12.2. The second kappa shape index (κ2) is 10.9. The highest BCUT2D eigenvalue weighted by Gasteiger charge is 2.18. The largest absolute Gasteiger partial charge is 0.361 e. The smallest absolute Gasteiger partial charge is 0.243 e. The molecule has 4 N–H and O–H groups in total. The summed E-state index contributed by atoms with van der Waals surface area (Å²) in [5.41, 5.74) is 8.01. The van der Waals surface area contributed by atoms with Crippen LogP contribution in [0, 0.1) is 5.92 Å². The summed E-state index contributed by atoms with van der Waals surface area (Å²) < 4.78 is 0. The number of aromatic nitrogens is 1. The van der Waals surface area contributed by atoms with Gasteiger partial charge in [0, 0.05) is 23.5 Å². The molecule has 2 rings (SSSR count). The second-order valence-electron chi connectivity index (χ2n) is 7.55. The first-order chi connectivity index (χ1) is 13.0. The molecule has 2 aromatic rings. The van der Waals surface area contributed by atoms with Crippen molar-refractivity contribution in [2.75, 3.05) is 0 Å². The van der Waals surface area contributed by atoms with Gasteiger partial charge in [-0.15, -0.1) is 0 Å². The Hall–Kier alpha value is -2.14. The van der Waals surface area contributed by atoms with Crippen LogP contribution >= 0.6 is 0 Å². The van der Waals surface area contributed by atoms with Gasteiger partial charge in [0.05, 0.1) is 6.04 Å². The molecule has 148 valence electrons.